The summed E-state index contributed by atoms with van der Waals surface area (Å²) in [6, 6.07) is 3.83. The third kappa shape index (κ3) is 5.03. The van der Waals surface area contributed by atoms with Gasteiger partial charge in [0.15, 0.2) is 0 Å². The van der Waals surface area contributed by atoms with Crippen molar-refractivity contribution in [1.29, 1.82) is 0 Å². The number of hydrogen-bond acceptors (Lipinski definition) is 3. The van der Waals surface area contributed by atoms with Crippen LogP contribution in [0.3, 0.4) is 0 Å². The predicted octanol–water partition coefficient (Wildman–Crippen LogP) is 3.31. The standard InChI is InChI=1S/C17H26N2O2/c1-12(2)9-13(3)21-16-10-14(7-8-18-16)11-19-17(20)15-5-4-6-15/h7-8,10,12-13,15H,4-6,9,11H2,1-3H3,(H,19,20). The second-order valence-electron chi connectivity index (χ2n) is 6.41. The Bertz CT molecular complexity index is 470. The lowest BCUT2D eigenvalue weighted by atomic mass is 9.85. The van der Waals surface area contributed by atoms with Crippen molar-refractivity contribution in [3.05, 3.63) is 23.9 Å². The van der Waals surface area contributed by atoms with Crippen LogP contribution in [0, 0.1) is 11.8 Å². The molecule has 1 amide bonds. The number of aromatic nitrogens is 1. The molecule has 0 aromatic carbocycles. The number of rotatable bonds is 7. The van der Waals surface area contributed by atoms with Gasteiger partial charge in [0.05, 0.1) is 6.10 Å². The van der Waals surface area contributed by atoms with Crippen LogP contribution in [0.5, 0.6) is 5.88 Å². The normalized spacial score (nSPS) is 16.4. The lowest BCUT2D eigenvalue weighted by Gasteiger charge is -2.24. The molecule has 1 aromatic rings. The van der Waals surface area contributed by atoms with Crippen LogP contribution in [0.4, 0.5) is 0 Å². The Balaban J connectivity index is 1.83. The Labute approximate surface area is 127 Å². The molecule has 0 radical (unpaired) electrons. The van der Waals surface area contributed by atoms with Crippen LogP contribution < -0.4 is 10.1 Å². The first-order valence-electron chi connectivity index (χ1n) is 7.94. The van der Waals surface area contributed by atoms with Gasteiger partial charge in [-0.2, -0.15) is 0 Å². The molecule has 2 rings (SSSR count). The van der Waals surface area contributed by atoms with E-state index in [-0.39, 0.29) is 17.9 Å². The molecule has 21 heavy (non-hydrogen) atoms. The van der Waals surface area contributed by atoms with Crippen molar-refractivity contribution in [2.45, 2.75) is 59.1 Å². The Kier molecular flexibility index (Phi) is 5.59. The number of nitrogens with zero attached hydrogens (tertiary/aromatic N) is 1. The van der Waals surface area contributed by atoms with E-state index >= 15 is 0 Å². The van der Waals surface area contributed by atoms with E-state index in [2.05, 4.69) is 31.1 Å². The van der Waals surface area contributed by atoms with E-state index in [0.717, 1.165) is 24.8 Å². The quantitative estimate of drug-likeness (QED) is 0.838. The van der Waals surface area contributed by atoms with Gasteiger partial charge in [-0.15, -0.1) is 0 Å². The van der Waals surface area contributed by atoms with E-state index < -0.39 is 0 Å². The first kappa shape index (κ1) is 15.8. The smallest absolute Gasteiger partial charge is 0.223 e. The molecule has 4 heteroatoms. The molecule has 0 saturated heterocycles. The maximum absolute atomic E-state index is 11.8. The highest BCUT2D eigenvalue weighted by molar-refractivity contribution is 5.79. The van der Waals surface area contributed by atoms with Crippen molar-refractivity contribution >= 4 is 5.91 Å². The molecule has 116 valence electrons. The number of carbonyl (C=O) groups excluding carboxylic acids is 1. The Morgan fingerprint density at radius 3 is 2.81 bits per heavy atom. The van der Waals surface area contributed by atoms with E-state index in [0.29, 0.717) is 18.3 Å². The molecule has 1 heterocycles. The Hall–Kier alpha value is -1.58. The Morgan fingerprint density at radius 1 is 1.43 bits per heavy atom. The zero-order valence-corrected chi connectivity index (χ0v) is 13.3. The van der Waals surface area contributed by atoms with Gasteiger partial charge < -0.3 is 10.1 Å². The fraction of sp³-hybridized carbons (Fsp3) is 0.647. The van der Waals surface area contributed by atoms with Gasteiger partial charge in [0.1, 0.15) is 0 Å². The molecule has 0 aliphatic heterocycles. The zero-order chi connectivity index (χ0) is 15.2. The van der Waals surface area contributed by atoms with Gasteiger partial charge in [0, 0.05) is 24.7 Å². The molecule has 0 spiro atoms. The fourth-order valence-electron chi connectivity index (χ4n) is 2.55. The topological polar surface area (TPSA) is 51.2 Å². The van der Waals surface area contributed by atoms with E-state index in [1.165, 1.54) is 6.42 Å². The number of ether oxygens (including phenoxy) is 1. The highest BCUT2D eigenvalue weighted by atomic mass is 16.5. The number of nitrogens with one attached hydrogen (secondary N) is 1. The summed E-state index contributed by atoms with van der Waals surface area (Å²) in [7, 11) is 0. The van der Waals surface area contributed by atoms with E-state index in [1.54, 1.807) is 6.20 Å². The SMILES string of the molecule is CC(C)CC(C)Oc1cc(CNC(=O)C2CCC2)ccn1. The van der Waals surface area contributed by atoms with Gasteiger partial charge in [-0.1, -0.05) is 20.3 Å². The predicted molar refractivity (Wildman–Crippen MR) is 83.0 cm³/mol. The van der Waals surface area contributed by atoms with Gasteiger partial charge in [-0.3, -0.25) is 4.79 Å². The van der Waals surface area contributed by atoms with Crippen LogP contribution in [0.25, 0.3) is 0 Å². The summed E-state index contributed by atoms with van der Waals surface area (Å²) in [5.74, 6) is 1.64. The second-order valence-corrected chi connectivity index (χ2v) is 6.41. The monoisotopic (exact) mass is 290 g/mol. The van der Waals surface area contributed by atoms with Crippen LogP contribution in [-0.2, 0) is 11.3 Å². The highest BCUT2D eigenvalue weighted by Gasteiger charge is 2.24. The molecule has 1 fully saturated rings. The molecule has 1 aliphatic rings. The van der Waals surface area contributed by atoms with Crippen molar-refractivity contribution < 1.29 is 9.53 Å². The van der Waals surface area contributed by atoms with E-state index in [9.17, 15) is 4.79 Å². The minimum Gasteiger partial charge on any atom is -0.475 e. The zero-order valence-electron chi connectivity index (χ0n) is 13.3. The van der Waals surface area contributed by atoms with Crippen molar-refractivity contribution in [2.75, 3.05) is 0 Å². The lowest BCUT2D eigenvalue weighted by molar-refractivity contribution is -0.127. The van der Waals surface area contributed by atoms with Crippen molar-refractivity contribution in [3.63, 3.8) is 0 Å². The van der Waals surface area contributed by atoms with Crippen LogP contribution >= 0.6 is 0 Å². The summed E-state index contributed by atoms with van der Waals surface area (Å²) < 4.78 is 5.83. The van der Waals surface area contributed by atoms with Gasteiger partial charge in [-0.25, -0.2) is 4.98 Å². The summed E-state index contributed by atoms with van der Waals surface area (Å²) >= 11 is 0. The Morgan fingerprint density at radius 2 is 2.19 bits per heavy atom. The van der Waals surface area contributed by atoms with Crippen molar-refractivity contribution in [1.82, 2.24) is 10.3 Å². The summed E-state index contributed by atoms with van der Waals surface area (Å²) in [6.45, 7) is 6.97. The number of pyridine rings is 1. The maximum Gasteiger partial charge on any atom is 0.223 e. The molecular weight excluding hydrogens is 264 g/mol. The number of hydrogen-bond donors (Lipinski definition) is 1. The largest absolute Gasteiger partial charge is 0.475 e. The number of carbonyl (C=O) groups is 1. The third-order valence-corrected chi connectivity index (χ3v) is 3.87. The summed E-state index contributed by atoms with van der Waals surface area (Å²) in [5, 5.41) is 2.99. The van der Waals surface area contributed by atoms with E-state index in [4.69, 9.17) is 4.74 Å². The number of amides is 1. The first-order chi connectivity index (χ1) is 10.0. The molecule has 1 atom stereocenters. The van der Waals surface area contributed by atoms with Gasteiger partial charge in [-0.05, 0) is 43.7 Å². The molecule has 0 bridgehead atoms. The molecule has 1 aliphatic carbocycles. The highest BCUT2D eigenvalue weighted by Crippen LogP contribution is 2.26. The molecule has 1 saturated carbocycles. The molecule has 4 nitrogen and oxygen atoms in total. The summed E-state index contributed by atoms with van der Waals surface area (Å²) in [4.78, 5) is 16.1. The van der Waals surface area contributed by atoms with Gasteiger partial charge >= 0.3 is 0 Å². The molecule has 1 unspecified atom stereocenters. The minimum absolute atomic E-state index is 0.150. The van der Waals surface area contributed by atoms with Gasteiger partial charge in [0.2, 0.25) is 11.8 Å². The van der Waals surface area contributed by atoms with Crippen molar-refractivity contribution in [3.8, 4) is 5.88 Å². The third-order valence-electron chi connectivity index (χ3n) is 3.87. The van der Waals surface area contributed by atoms with Crippen LogP contribution in [-0.4, -0.2) is 17.0 Å². The summed E-state index contributed by atoms with van der Waals surface area (Å²) in [5.41, 5.74) is 1.03. The van der Waals surface area contributed by atoms with Crippen LogP contribution in [0.2, 0.25) is 0 Å². The fourth-order valence-corrected chi connectivity index (χ4v) is 2.55. The molecular formula is C17H26N2O2. The maximum atomic E-state index is 11.8. The molecule has 1 aromatic heterocycles. The van der Waals surface area contributed by atoms with Crippen molar-refractivity contribution in [2.24, 2.45) is 11.8 Å². The second kappa shape index (κ2) is 7.43. The average Bonchev–Trinajstić information content (AvgIpc) is 2.33. The van der Waals surface area contributed by atoms with Gasteiger partial charge in [0.25, 0.3) is 0 Å². The molecule has 1 N–H and O–H groups in total. The van der Waals surface area contributed by atoms with E-state index in [1.807, 2.05) is 12.1 Å². The van der Waals surface area contributed by atoms with Crippen LogP contribution in [0.15, 0.2) is 18.3 Å². The summed E-state index contributed by atoms with van der Waals surface area (Å²) in [6.07, 6.45) is 6.13. The minimum atomic E-state index is 0.150. The lowest BCUT2D eigenvalue weighted by Crippen LogP contribution is -2.33. The van der Waals surface area contributed by atoms with Crippen LogP contribution in [0.1, 0.15) is 52.0 Å². The first-order valence-corrected chi connectivity index (χ1v) is 7.94. The average molecular weight is 290 g/mol.